The highest BCUT2D eigenvalue weighted by Gasteiger charge is 2.20. The van der Waals surface area contributed by atoms with Crippen molar-refractivity contribution in [3.8, 4) is 5.75 Å². The number of nitrogens with zero attached hydrogens (tertiary/aromatic N) is 3. The predicted molar refractivity (Wildman–Crippen MR) is 147 cm³/mol. The van der Waals surface area contributed by atoms with E-state index in [2.05, 4.69) is 30.3 Å². The number of anilines is 3. The van der Waals surface area contributed by atoms with Crippen LogP contribution in [0.2, 0.25) is 25.7 Å². The van der Waals surface area contributed by atoms with Crippen molar-refractivity contribution in [2.24, 2.45) is 0 Å². The number of benzene rings is 1. The fourth-order valence-corrected chi connectivity index (χ4v) is 5.66. The minimum absolute atomic E-state index is 0.189. The summed E-state index contributed by atoms with van der Waals surface area (Å²) in [4.78, 5) is 9.78. The van der Waals surface area contributed by atoms with Gasteiger partial charge in [0.25, 0.3) is 0 Å². The van der Waals surface area contributed by atoms with Crippen LogP contribution in [-0.2, 0) is 21.3 Å². The molecular weight excluding hydrogens is 494 g/mol. The third-order valence-electron chi connectivity index (χ3n) is 6.39. The van der Waals surface area contributed by atoms with Crippen LogP contribution in [0.4, 0.5) is 17.5 Å². The monoisotopic (exact) mass is 531 g/mol. The van der Waals surface area contributed by atoms with E-state index in [1.54, 1.807) is 12.1 Å². The maximum Gasteiger partial charge on any atom is 0.231 e. The maximum absolute atomic E-state index is 12.0. The Bertz CT molecular complexity index is 1310. The minimum atomic E-state index is -3.36. The molecule has 1 saturated carbocycles. The van der Waals surface area contributed by atoms with E-state index in [9.17, 15) is 8.42 Å². The molecule has 3 aromatic rings. The maximum atomic E-state index is 12.0. The molecule has 2 heterocycles. The second-order valence-electron chi connectivity index (χ2n) is 10.7. The van der Waals surface area contributed by atoms with Gasteiger partial charge >= 0.3 is 0 Å². The van der Waals surface area contributed by atoms with E-state index < -0.39 is 17.9 Å². The zero-order valence-electron chi connectivity index (χ0n) is 21.8. The summed E-state index contributed by atoms with van der Waals surface area (Å²) in [6.07, 6.45) is 7.83. The Morgan fingerprint density at radius 2 is 1.89 bits per heavy atom. The van der Waals surface area contributed by atoms with Crippen LogP contribution in [0.25, 0.3) is 11.0 Å². The van der Waals surface area contributed by atoms with Gasteiger partial charge in [0.15, 0.2) is 9.84 Å². The van der Waals surface area contributed by atoms with Gasteiger partial charge in [0.1, 0.15) is 23.9 Å². The number of hydrogen-bond donors (Lipinski definition) is 2. The molecule has 0 unspecified atom stereocenters. The van der Waals surface area contributed by atoms with Crippen LogP contribution >= 0.6 is 0 Å². The summed E-state index contributed by atoms with van der Waals surface area (Å²) in [5.74, 6) is 1.58. The first-order valence-electron chi connectivity index (χ1n) is 12.4. The number of sulfone groups is 1. The van der Waals surface area contributed by atoms with Crippen LogP contribution in [0.3, 0.4) is 0 Å². The Morgan fingerprint density at radius 1 is 1.14 bits per heavy atom. The number of fused-ring (bicyclic) bond motifs is 1. The largest absolute Gasteiger partial charge is 0.495 e. The Kier molecular flexibility index (Phi) is 7.91. The quantitative estimate of drug-likeness (QED) is 0.255. The normalized spacial score (nSPS) is 14.9. The van der Waals surface area contributed by atoms with Gasteiger partial charge in [-0.25, -0.2) is 8.42 Å². The van der Waals surface area contributed by atoms with Crippen molar-refractivity contribution >= 4 is 46.4 Å². The smallest absolute Gasteiger partial charge is 0.231 e. The van der Waals surface area contributed by atoms with E-state index in [0.29, 0.717) is 30.2 Å². The SMILES string of the molecule is COc1cc(S(C)(=O)=O)ccc1Nc1nc(NC2CCCC2)c2ccn(COCC[Si](C)(C)C)c2n1. The number of hydrogen-bond acceptors (Lipinski definition) is 8. The van der Waals surface area contributed by atoms with Gasteiger partial charge in [-0.2, -0.15) is 9.97 Å². The summed E-state index contributed by atoms with van der Waals surface area (Å²) >= 11 is 0. The molecule has 0 radical (unpaired) electrons. The summed E-state index contributed by atoms with van der Waals surface area (Å²) in [6.45, 7) is 8.15. The molecule has 0 spiro atoms. The Morgan fingerprint density at radius 3 is 2.56 bits per heavy atom. The molecule has 196 valence electrons. The molecule has 1 aromatic carbocycles. The second kappa shape index (κ2) is 10.8. The summed E-state index contributed by atoms with van der Waals surface area (Å²) in [5.41, 5.74) is 1.35. The number of nitrogens with one attached hydrogen (secondary N) is 2. The van der Waals surface area contributed by atoms with Crippen LogP contribution in [0, 0.1) is 0 Å². The molecule has 0 bridgehead atoms. The van der Waals surface area contributed by atoms with Crippen LogP contribution in [-0.4, -0.2) is 57.0 Å². The molecule has 11 heteroatoms. The van der Waals surface area contributed by atoms with E-state index >= 15 is 0 Å². The van der Waals surface area contributed by atoms with Crippen molar-refractivity contribution in [1.29, 1.82) is 0 Å². The molecule has 0 amide bonds. The van der Waals surface area contributed by atoms with Crippen molar-refractivity contribution in [3.63, 3.8) is 0 Å². The summed E-state index contributed by atoms with van der Waals surface area (Å²) in [6, 6.07) is 8.24. The van der Waals surface area contributed by atoms with Crippen molar-refractivity contribution < 1.29 is 17.9 Å². The topological polar surface area (TPSA) is 107 Å². The van der Waals surface area contributed by atoms with Gasteiger partial charge in [0, 0.05) is 39.2 Å². The fraction of sp³-hybridized carbons (Fsp3) is 0.520. The highest BCUT2D eigenvalue weighted by atomic mass is 32.2. The molecule has 2 aromatic heterocycles. The van der Waals surface area contributed by atoms with E-state index in [1.807, 2.05) is 16.8 Å². The zero-order valence-corrected chi connectivity index (χ0v) is 23.6. The summed E-state index contributed by atoms with van der Waals surface area (Å²) < 4.78 is 37.4. The van der Waals surface area contributed by atoms with Gasteiger partial charge in [-0.05, 0) is 37.1 Å². The lowest BCUT2D eigenvalue weighted by atomic mass is 10.2. The first-order chi connectivity index (χ1) is 17.0. The molecule has 0 aliphatic heterocycles. The minimum Gasteiger partial charge on any atom is -0.495 e. The third-order valence-corrected chi connectivity index (χ3v) is 9.20. The molecule has 1 aliphatic rings. The van der Waals surface area contributed by atoms with Gasteiger partial charge in [-0.3, -0.25) is 0 Å². The van der Waals surface area contributed by atoms with Crippen LogP contribution in [0.1, 0.15) is 25.7 Å². The number of aromatic nitrogens is 3. The molecular formula is C25H37N5O4SSi. The van der Waals surface area contributed by atoms with Crippen LogP contribution in [0.5, 0.6) is 5.75 Å². The zero-order chi connectivity index (χ0) is 25.9. The van der Waals surface area contributed by atoms with Gasteiger partial charge in [0.2, 0.25) is 5.95 Å². The van der Waals surface area contributed by atoms with Gasteiger partial charge < -0.3 is 24.7 Å². The highest BCUT2D eigenvalue weighted by Crippen LogP contribution is 2.32. The lowest BCUT2D eigenvalue weighted by Crippen LogP contribution is -2.22. The van der Waals surface area contributed by atoms with Gasteiger partial charge in [0.05, 0.1) is 23.1 Å². The van der Waals surface area contributed by atoms with E-state index in [-0.39, 0.29) is 4.90 Å². The van der Waals surface area contributed by atoms with Crippen molar-refractivity contribution in [3.05, 3.63) is 30.5 Å². The standard InChI is InChI=1S/C25H37N5O4SSi/c1-33-22-16-19(35(2,31)32)10-11-21(22)27-25-28-23(26-18-8-6-7-9-18)20-12-13-30(24(20)29-25)17-34-14-15-36(3,4)5/h10-13,16,18H,6-9,14-15,17H2,1-5H3,(H2,26,27,28,29). The molecule has 0 atom stereocenters. The summed E-state index contributed by atoms with van der Waals surface area (Å²) in [5, 5.41) is 7.80. The molecule has 1 fully saturated rings. The predicted octanol–water partition coefficient (Wildman–Crippen LogP) is 5.25. The molecule has 36 heavy (non-hydrogen) atoms. The summed E-state index contributed by atoms with van der Waals surface area (Å²) in [7, 11) is -3.02. The van der Waals surface area contributed by atoms with Crippen molar-refractivity contribution in [2.75, 3.05) is 30.6 Å². The second-order valence-corrected chi connectivity index (χ2v) is 18.3. The van der Waals surface area contributed by atoms with Crippen LogP contribution < -0.4 is 15.4 Å². The molecule has 9 nitrogen and oxygen atoms in total. The average molecular weight is 532 g/mol. The van der Waals surface area contributed by atoms with Crippen molar-refractivity contribution in [2.45, 2.75) is 69.0 Å². The Labute approximate surface area is 214 Å². The van der Waals surface area contributed by atoms with E-state index in [4.69, 9.17) is 19.4 Å². The fourth-order valence-electron chi connectivity index (χ4n) is 4.27. The number of rotatable bonds is 11. The van der Waals surface area contributed by atoms with Crippen LogP contribution in [0.15, 0.2) is 35.4 Å². The lowest BCUT2D eigenvalue weighted by molar-refractivity contribution is 0.0899. The Hall–Kier alpha value is -2.63. The molecule has 2 N–H and O–H groups in total. The van der Waals surface area contributed by atoms with E-state index in [1.165, 1.54) is 32.3 Å². The van der Waals surface area contributed by atoms with Crippen molar-refractivity contribution in [1.82, 2.24) is 14.5 Å². The first-order valence-corrected chi connectivity index (χ1v) is 18.0. The Balaban J connectivity index is 1.65. The van der Waals surface area contributed by atoms with Gasteiger partial charge in [-0.15, -0.1) is 0 Å². The number of methoxy groups -OCH3 is 1. The lowest BCUT2D eigenvalue weighted by Gasteiger charge is -2.17. The molecule has 0 saturated heterocycles. The third kappa shape index (κ3) is 6.57. The first kappa shape index (κ1) is 26.4. The average Bonchev–Trinajstić information content (AvgIpc) is 3.46. The molecule has 1 aliphatic carbocycles. The van der Waals surface area contributed by atoms with Gasteiger partial charge in [-0.1, -0.05) is 32.5 Å². The number of ether oxygens (including phenoxy) is 2. The van der Waals surface area contributed by atoms with E-state index in [0.717, 1.165) is 42.3 Å². The molecule has 4 rings (SSSR count). The highest BCUT2D eigenvalue weighted by molar-refractivity contribution is 7.90.